The molecule has 5 nitrogen and oxygen atoms in total. The van der Waals surface area contributed by atoms with E-state index in [-0.39, 0.29) is 11.9 Å². The molecule has 1 aliphatic carbocycles. The van der Waals surface area contributed by atoms with Crippen molar-refractivity contribution in [2.45, 2.75) is 39.3 Å². The van der Waals surface area contributed by atoms with Crippen LogP contribution in [-0.4, -0.2) is 28.3 Å². The normalized spacial score (nSPS) is 15.3. The second-order valence-electron chi connectivity index (χ2n) is 6.72. The molecular formula is C20H25N3O2. The largest absolute Gasteiger partial charge is 0.493 e. The minimum Gasteiger partial charge on any atom is -0.493 e. The third kappa shape index (κ3) is 5.78. The Hall–Kier alpha value is -2.56. The van der Waals surface area contributed by atoms with E-state index in [0.29, 0.717) is 0 Å². The first-order chi connectivity index (χ1) is 12.1. The molecule has 1 amide bonds. The average Bonchev–Trinajstić information content (AvgIpc) is 3.30. The number of hydrogen-bond acceptors (Lipinski definition) is 3. The molecule has 132 valence electrons. The van der Waals surface area contributed by atoms with Crippen LogP contribution in [0.5, 0.6) is 5.75 Å². The van der Waals surface area contributed by atoms with Gasteiger partial charge in [0, 0.05) is 24.7 Å². The zero-order valence-electron chi connectivity index (χ0n) is 14.8. The number of rotatable bonds is 8. The second kappa shape index (κ2) is 8.01. The van der Waals surface area contributed by atoms with Crippen LogP contribution in [-0.2, 0) is 11.3 Å². The van der Waals surface area contributed by atoms with E-state index < -0.39 is 0 Å². The summed E-state index contributed by atoms with van der Waals surface area (Å²) in [5, 5.41) is 7.21. The lowest BCUT2D eigenvalue weighted by Gasteiger charge is -2.07. The average molecular weight is 339 g/mol. The molecule has 0 unspecified atom stereocenters. The van der Waals surface area contributed by atoms with Crippen LogP contribution >= 0.6 is 0 Å². The van der Waals surface area contributed by atoms with Crippen molar-refractivity contribution in [2.75, 3.05) is 6.61 Å². The number of benzene rings is 1. The molecule has 2 aromatic rings. The predicted molar refractivity (Wildman–Crippen MR) is 98.3 cm³/mol. The third-order valence-electron chi connectivity index (χ3n) is 4.11. The van der Waals surface area contributed by atoms with E-state index in [1.807, 2.05) is 48.3 Å². The lowest BCUT2D eigenvalue weighted by Crippen LogP contribution is -2.28. The van der Waals surface area contributed by atoms with Gasteiger partial charge in [0.05, 0.1) is 19.3 Å². The number of ether oxygens (including phenoxy) is 1. The first-order valence-electron chi connectivity index (χ1n) is 8.78. The van der Waals surface area contributed by atoms with Gasteiger partial charge in [-0.1, -0.05) is 24.3 Å². The summed E-state index contributed by atoms with van der Waals surface area (Å²) in [7, 11) is 0. The highest BCUT2D eigenvalue weighted by Crippen LogP contribution is 2.29. The molecule has 1 aliphatic rings. The van der Waals surface area contributed by atoms with Gasteiger partial charge in [0.2, 0.25) is 5.91 Å². The van der Waals surface area contributed by atoms with Crippen molar-refractivity contribution in [1.82, 2.24) is 15.1 Å². The topological polar surface area (TPSA) is 56.2 Å². The van der Waals surface area contributed by atoms with Crippen molar-refractivity contribution in [3.63, 3.8) is 0 Å². The quantitative estimate of drug-likeness (QED) is 0.803. The number of amides is 1. The van der Waals surface area contributed by atoms with Gasteiger partial charge in [-0.2, -0.15) is 5.10 Å². The summed E-state index contributed by atoms with van der Waals surface area (Å²) >= 11 is 0. The van der Waals surface area contributed by atoms with E-state index in [1.54, 1.807) is 0 Å². The highest BCUT2D eigenvalue weighted by molar-refractivity contribution is 5.73. The van der Waals surface area contributed by atoms with Gasteiger partial charge in [0.1, 0.15) is 5.75 Å². The number of carbonyl (C=O) groups is 1. The fourth-order valence-electron chi connectivity index (χ4n) is 2.55. The third-order valence-corrected chi connectivity index (χ3v) is 4.11. The minimum absolute atomic E-state index is 0.00373. The molecular weight excluding hydrogens is 314 g/mol. The maximum absolute atomic E-state index is 11.0. The molecule has 1 N–H and O–H groups in total. The molecule has 1 atom stereocenters. The molecule has 0 spiro atoms. The first-order valence-corrected chi connectivity index (χ1v) is 8.78. The molecule has 1 aromatic heterocycles. The molecule has 0 radical (unpaired) electrons. The van der Waals surface area contributed by atoms with Gasteiger partial charge >= 0.3 is 0 Å². The summed E-state index contributed by atoms with van der Waals surface area (Å²) in [6.07, 6.45) is 10.3. The summed E-state index contributed by atoms with van der Waals surface area (Å²) < 4.78 is 7.67. The minimum atomic E-state index is -0.0302. The molecule has 1 saturated carbocycles. The van der Waals surface area contributed by atoms with Gasteiger partial charge in [0.15, 0.2) is 0 Å². The van der Waals surface area contributed by atoms with Crippen LogP contribution in [0.25, 0.3) is 6.08 Å². The smallest absolute Gasteiger partial charge is 0.217 e. The standard InChI is InChI=1S/C20H25N3O2/c1-15(22-16(2)24)3-4-19-11-21-23(13-19)12-17-7-9-20(10-8-17)25-14-18-5-6-18/h3-4,7-11,13,15,18H,5-6,12,14H2,1-2H3,(H,22,24)/t15-/m0/s1. The molecule has 5 heteroatoms. The molecule has 3 rings (SSSR count). The Morgan fingerprint density at radius 1 is 1.40 bits per heavy atom. The van der Waals surface area contributed by atoms with E-state index in [2.05, 4.69) is 22.5 Å². The number of carbonyl (C=O) groups excluding carboxylic acids is 1. The molecule has 0 bridgehead atoms. The summed E-state index contributed by atoms with van der Waals surface area (Å²) in [5.74, 6) is 1.67. The van der Waals surface area contributed by atoms with Crippen LogP contribution in [0, 0.1) is 5.92 Å². The Morgan fingerprint density at radius 3 is 2.84 bits per heavy atom. The predicted octanol–water partition coefficient (Wildman–Crippen LogP) is 3.26. The van der Waals surface area contributed by atoms with Crippen LogP contribution in [0.2, 0.25) is 0 Å². The maximum atomic E-state index is 11.0. The highest BCUT2D eigenvalue weighted by Gasteiger charge is 2.21. The Morgan fingerprint density at radius 2 is 2.16 bits per heavy atom. The molecule has 1 heterocycles. The van der Waals surface area contributed by atoms with Crippen LogP contribution < -0.4 is 10.1 Å². The van der Waals surface area contributed by atoms with Crippen LogP contribution in [0.1, 0.15) is 37.8 Å². The van der Waals surface area contributed by atoms with Gasteiger partial charge in [-0.15, -0.1) is 0 Å². The summed E-state index contributed by atoms with van der Waals surface area (Å²) in [6.45, 7) is 5.02. The Labute approximate surface area is 148 Å². The summed E-state index contributed by atoms with van der Waals surface area (Å²) in [5.41, 5.74) is 2.20. The van der Waals surface area contributed by atoms with Crippen molar-refractivity contribution < 1.29 is 9.53 Å². The van der Waals surface area contributed by atoms with Crippen molar-refractivity contribution in [1.29, 1.82) is 0 Å². The van der Waals surface area contributed by atoms with Gasteiger partial charge < -0.3 is 10.1 Å². The van der Waals surface area contributed by atoms with Gasteiger partial charge in [-0.05, 0) is 43.4 Å². The van der Waals surface area contributed by atoms with Gasteiger partial charge in [-0.3, -0.25) is 9.48 Å². The zero-order chi connectivity index (χ0) is 17.6. The lowest BCUT2D eigenvalue weighted by atomic mass is 10.2. The lowest BCUT2D eigenvalue weighted by molar-refractivity contribution is -0.119. The molecule has 1 aromatic carbocycles. The molecule has 0 saturated heterocycles. The number of hydrogen-bond donors (Lipinski definition) is 1. The number of nitrogens with one attached hydrogen (secondary N) is 1. The number of aromatic nitrogens is 2. The van der Waals surface area contributed by atoms with Crippen LogP contribution in [0.15, 0.2) is 42.7 Å². The van der Waals surface area contributed by atoms with Crippen molar-refractivity contribution in [2.24, 2.45) is 5.92 Å². The fourth-order valence-corrected chi connectivity index (χ4v) is 2.55. The molecule has 1 fully saturated rings. The highest BCUT2D eigenvalue weighted by atomic mass is 16.5. The van der Waals surface area contributed by atoms with Crippen molar-refractivity contribution in [3.8, 4) is 5.75 Å². The van der Waals surface area contributed by atoms with Gasteiger partial charge in [0.25, 0.3) is 0 Å². The monoisotopic (exact) mass is 339 g/mol. The van der Waals surface area contributed by atoms with Crippen molar-refractivity contribution >= 4 is 12.0 Å². The summed E-state index contributed by atoms with van der Waals surface area (Å²) in [4.78, 5) is 11.0. The van der Waals surface area contributed by atoms with E-state index in [4.69, 9.17) is 4.74 Å². The van der Waals surface area contributed by atoms with E-state index in [9.17, 15) is 4.79 Å². The van der Waals surface area contributed by atoms with Crippen molar-refractivity contribution in [3.05, 3.63) is 53.9 Å². The molecule has 0 aliphatic heterocycles. The number of nitrogens with zero attached hydrogens (tertiary/aromatic N) is 2. The second-order valence-corrected chi connectivity index (χ2v) is 6.72. The van der Waals surface area contributed by atoms with Gasteiger partial charge in [-0.25, -0.2) is 0 Å². The molecule has 25 heavy (non-hydrogen) atoms. The van der Waals surface area contributed by atoms with E-state index >= 15 is 0 Å². The Bertz CT molecular complexity index is 730. The summed E-state index contributed by atoms with van der Waals surface area (Å²) in [6, 6.07) is 8.22. The van der Waals surface area contributed by atoms with Crippen LogP contribution in [0.3, 0.4) is 0 Å². The maximum Gasteiger partial charge on any atom is 0.217 e. The Kier molecular flexibility index (Phi) is 5.53. The van der Waals surface area contributed by atoms with Crippen LogP contribution in [0.4, 0.5) is 0 Å². The first kappa shape index (κ1) is 17.3. The van der Waals surface area contributed by atoms with E-state index in [1.165, 1.54) is 25.3 Å². The Balaban J connectivity index is 1.51. The zero-order valence-corrected chi connectivity index (χ0v) is 14.8. The van der Waals surface area contributed by atoms with E-state index in [0.717, 1.165) is 30.4 Å². The SMILES string of the molecule is CC(=O)N[C@@H](C)C=Cc1cnn(Cc2ccc(OCC3CC3)cc2)c1. The fraction of sp³-hybridized carbons (Fsp3) is 0.400.